The maximum absolute atomic E-state index is 9.86. The Kier molecular flexibility index (Phi) is 8.04. The molecule has 0 aromatic carbocycles. The van der Waals surface area contributed by atoms with E-state index < -0.39 is 20.1 Å². The third-order valence-electron chi connectivity index (χ3n) is 0.812. The summed E-state index contributed by atoms with van der Waals surface area (Å²) in [5, 5.41) is 16.3. The Balaban J connectivity index is 0. The van der Waals surface area contributed by atoms with E-state index in [1.165, 1.54) is 6.92 Å². The van der Waals surface area contributed by atoms with Crippen molar-refractivity contribution in [3.63, 3.8) is 0 Å². The molecule has 0 aliphatic carbocycles. The number of hydrogen-bond acceptors (Lipinski definition) is 4. The van der Waals surface area contributed by atoms with Gasteiger partial charge in [0, 0.05) is 5.57 Å². The highest BCUT2D eigenvalue weighted by Crippen LogP contribution is 2.36. The minimum atomic E-state index is -4.56. The van der Waals surface area contributed by atoms with E-state index in [2.05, 4.69) is 17.7 Å². The topological polar surface area (TPSA) is 124 Å². The van der Waals surface area contributed by atoms with E-state index in [1.807, 2.05) is 0 Å². The average molecular weight is 240 g/mol. The van der Waals surface area contributed by atoms with Crippen LogP contribution < -0.4 is 0 Å². The van der Waals surface area contributed by atoms with Gasteiger partial charge in [-0.2, -0.15) is 0 Å². The summed E-state index contributed by atoms with van der Waals surface area (Å²) in [5.74, 6) is -0.935. The molecule has 0 rings (SSSR count). The van der Waals surface area contributed by atoms with Crippen LogP contribution in [0.1, 0.15) is 6.92 Å². The maximum atomic E-state index is 9.86. The largest absolute Gasteiger partial charge is 0.478 e. The molecule has 0 saturated heterocycles. The van der Waals surface area contributed by atoms with E-state index >= 15 is 0 Å². The highest BCUT2D eigenvalue weighted by molar-refractivity contribution is 7.46. The zero-order chi connectivity index (χ0) is 12.6. The zero-order valence-corrected chi connectivity index (χ0v) is 8.92. The van der Waals surface area contributed by atoms with E-state index in [0.29, 0.717) is 0 Å². The van der Waals surface area contributed by atoms with Crippen LogP contribution in [-0.4, -0.2) is 32.3 Å². The molecule has 0 spiro atoms. The summed E-state index contributed by atoms with van der Waals surface area (Å²) in [6.45, 7) is 7.63. The third kappa shape index (κ3) is 15.7. The molecular formula is C7H13O7P. The van der Waals surface area contributed by atoms with Gasteiger partial charge in [0.25, 0.3) is 0 Å². The summed E-state index contributed by atoms with van der Waals surface area (Å²) in [6, 6.07) is 0. The van der Waals surface area contributed by atoms with Gasteiger partial charge in [0.1, 0.15) is 0 Å². The monoisotopic (exact) mass is 240 g/mol. The molecule has 0 heterocycles. The molecule has 0 aliphatic heterocycles. The first-order chi connectivity index (χ1) is 6.60. The molecule has 0 bridgehead atoms. The number of carboxylic acid groups (broad SMARTS) is 1. The summed E-state index contributed by atoms with van der Waals surface area (Å²) in [5.41, 5.74) is 0.176. The minimum Gasteiger partial charge on any atom is -0.478 e. The van der Waals surface area contributed by atoms with E-state index in [0.717, 1.165) is 6.08 Å². The van der Waals surface area contributed by atoms with Crippen LogP contribution in [0.25, 0.3) is 0 Å². The number of rotatable bonds is 4. The fraction of sp³-hybridized carbons (Fsp3) is 0.286. The summed E-state index contributed by atoms with van der Waals surface area (Å²) in [4.78, 5) is 25.6. The first-order valence-corrected chi connectivity index (χ1v) is 5.06. The summed E-state index contributed by atoms with van der Waals surface area (Å²) in [6.07, 6.45) is -0.746. The molecule has 7 nitrogen and oxygen atoms in total. The quantitative estimate of drug-likeness (QED) is 0.240. The Morgan fingerprint density at radius 1 is 1.53 bits per heavy atom. The van der Waals surface area contributed by atoms with Crippen molar-refractivity contribution in [1.82, 2.24) is 0 Å². The SMILES string of the molecule is C=C(C)C(=O)O.C=CC(O)OP(=O)(O)O. The van der Waals surface area contributed by atoms with Gasteiger partial charge >= 0.3 is 13.8 Å². The second-order valence-electron chi connectivity index (χ2n) is 2.31. The van der Waals surface area contributed by atoms with Crippen LogP contribution in [-0.2, 0) is 13.9 Å². The normalized spacial score (nSPS) is 12.0. The standard InChI is InChI=1S/C4H6O2.C3H7O5P/c1-3(2)4(5)6;1-2-3(4)8-9(5,6)7/h1H2,2H3,(H,5,6);2-4H,1H2,(H2,5,6,7). The van der Waals surface area contributed by atoms with Crippen molar-refractivity contribution in [2.75, 3.05) is 0 Å². The van der Waals surface area contributed by atoms with Crippen molar-refractivity contribution < 1.29 is 33.9 Å². The molecule has 88 valence electrons. The molecule has 15 heavy (non-hydrogen) atoms. The fourth-order valence-electron chi connectivity index (χ4n) is 0.184. The van der Waals surface area contributed by atoms with Crippen molar-refractivity contribution in [3.05, 3.63) is 24.8 Å². The van der Waals surface area contributed by atoms with Crippen molar-refractivity contribution in [1.29, 1.82) is 0 Å². The molecule has 0 fully saturated rings. The first kappa shape index (κ1) is 16.4. The predicted molar refractivity (Wildman–Crippen MR) is 51.8 cm³/mol. The lowest BCUT2D eigenvalue weighted by atomic mass is 10.4. The van der Waals surface area contributed by atoms with Crippen LogP contribution in [0.4, 0.5) is 0 Å². The Bertz CT molecular complexity index is 267. The van der Waals surface area contributed by atoms with Gasteiger partial charge in [0.15, 0.2) is 6.29 Å². The van der Waals surface area contributed by atoms with Crippen LogP contribution in [0.15, 0.2) is 24.8 Å². The van der Waals surface area contributed by atoms with Crippen molar-refractivity contribution in [2.45, 2.75) is 13.2 Å². The average Bonchev–Trinajstić information content (AvgIpc) is 2.02. The number of phosphoric acid groups is 1. The summed E-state index contributed by atoms with van der Waals surface area (Å²) < 4.78 is 13.6. The first-order valence-electron chi connectivity index (χ1n) is 3.53. The number of carbonyl (C=O) groups is 1. The van der Waals surface area contributed by atoms with Crippen LogP contribution in [0.5, 0.6) is 0 Å². The number of aliphatic hydroxyl groups is 1. The van der Waals surface area contributed by atoms with Crippen LogP contribution in [0.3, 0.4) is 0 Å². The number of aliphatic carboxylic acids is 1. The van der Waals surface area contributed by atoms with Gasteiger partial charge in [-0.25, -0.2) is 9.36 Å². The second kappa shape index (κ2) is 7.33. The molecule has 0 radical (unpaired) electrons. The van der Waals surface area contributed by atoms with Gasteiger partial charge in [-0.1, -0.05) is 13.2 Å². The maximum Gasteiger partial charge on any atom is 0.472 e. The van der Waals surface area contributed by atoms with E-state index in [4.69, 9.17) is 20.0 Å². The lowest BCUT2D eigenvalue weighted by Gasteiger charge is -2.06. The Morgan fingerprint density at radius 2 is 1.87 bits per heavy atom. The fourth-order valence-corrected chi connectivity index (χ4v) is 0.551. The number of aliphatic hydroxyl groups excluding tert-OH is 1. The minimum absolute atomic E-state index is 0.176. The molecule has 1 atom stereocenters. The van der Waals surface area contributed by atoms with Gasteiger partial charge < -0.3 is 20.0 Å². The predicted octanol–water partition coefficient (Wildman–Crippen LogP) is 0.247. The van der Waals surface area contributed by atoms with Gasteiger partial charge in [0.05, 0.1) is 0 Å². The van der Waals surface area contributed by atoms with Crippen LogP contribution >= 0.6 is 7.82 Å². The Labute approximate surface area is 86.6 Å². The van der Waals surface area contributed by atoms with Gasteiger partial charge in [-0.15, -0.1) is 0 Å². The molecule has 4 N–H and O–H groups in total. The molecule has 0 aliphatic rings. The lowest BCUT2D eigenvalue weighted by Crippen LogP contribution is -2.04. The summed E-state index contributed by atoms with van der Waals surface area (Å²) >= 11 is 0. The van der Waals surface area contributed by atoms with Crippen LogP contribution in [0, 0.1) is 0 Å². The molecule has 1 unspecified atom stereocenters. The smallest absolute Gasteiger partial charge is 0.472 e. The number of phosphoric ester groups is 1. The third-order valence-corrected chi connectivity index (χ3v) is 1.30. The van der Waals surface area contributed by atoms with E-state index in [9.17, 15) is 9.36 Å². The van der Waals surface area contributed by atoms with E-state index in [1.54, 1.807) is 0 Å². The molecule has 0 aromatic rings. The Morgan fingerprint density at radius 3 is 1.93 bits per heavy atom. The molecule has 0 aromatic heterocycles. The molecule has 0 saturated carbocycles. The highest BCUT2D eigenvalue weighted by Gasteiger charge is 2.17. The van der Waals surface area contributed by atoms with Gasteiger partial charge in [0.2, 0.25) is 0 Å². The van der Waals surface area contributed by atoms with Gasteiger partial charge in [-0.05, 0) is 13.0 Å². The summed E-state index contributed by atoms with van der Waals surface area (Å²) in [7, 11) is -4.56. The highest BCUT2D eigenvalue weighted by atomic mass is 31.2. The molecule has 0 amide bonds. The molecule has 8 heteroatoms. The van der Waals surface area contributed by atoms with Crippen molar-refractivity contribution >= 4 is 13.8 Å². The second-order valence-corrected chi connectivity index (χ2v) is 3.50. The van der Waals surface area contributed by atoms with Crippen LogP contribution in [0.2, 0.25) is 0 Å². The lowest BCUT2D eigenvalue weighted by molar-refractivity contribution is -0.132. The Hall–Kier alpha value is -0.980. The van der Waals surface area contributed by atoms with Crippen molar-refractivity contribution in [3.8, 4) is 0 Å². The zero-order valence-electron chi connectivity index (χ0n) is 8.03. The van der Waals surface area contributed by atoms with Gasteiger partial charge in [-0.3, -0.25) is 4.52 Å². The number of carboxylic acids is 1. The van der Waals surface area contributed by atoms with Crippen molar-refractivity contribution in [2.24, 2.45) is 0 Å². The molecular weight excluding hydrogens is 227 g/mol. The van der Waals surface area contributed by atoms with E-state index in [-0.39, 0.29) is 5.57 Å². The number of hydrogen-bond donors (Lipinski definition) is 4.